The van der Waals surface area contributed by atoms with E-state index in [1.807, 2.05) is 37.3 Å². The Morgan fingerprint density at radius 2 is 1.17 bits per heavy atom. The molecule has 7 rings (SSSR count). The zero-order chi connectivity index (χ0) is 39.1. The van der Waals surface area contributed by atoms with Gasteiger partial charge in [0.15, 0.2) is 0 Å². The molecule has 2 aliphatic carbocycles. The van der Waals surface area contributed by atoms with E-state index < -0.39 is 36.1 Å². The van der Waals surface area contributed by atoms with Crippen LogP contribution >= 0.6 is 23.2 Å². The second-order valence-corrected chi connectivity index (χ2v) is 13.5. The maximum absolute atomic E-state index is 14.1. The molecule has 0 aliphatic heterocycles. The Balaban J connectivity index is 0.000000195. The van der Waals surface area contributed by atoms with E-state index >= 15 is 0 Å². The van der Waals surface area contributed by atoms with E-state index in [4.69, 9.17) is 38.8 Å². The van der Waals surface area contributed by atoms with E-state index in [2.05, 4.69) is 0 Å². The summed E-state index contributed by atoms with van der Waals surface area (Å²) < 4.78 is 87.8. The van der Waals surface area contributed by atoms with Gasteiger partial charge in [-0.1, -0.05) is 122 Å². The van der Waals surface area contributed by atoms with Gasteiger partial charge in [0, 0.05) is 49.5 Å². The Bertz CT molecular complexity index is 2160. The molecule has 5 aromatic rings. The summed E-state index contributed by atoms with van der Waals surface area (Å²) in [5.74, 6) is -1.48. The third-order valence-corrected chi connectivity index (χ3v) is 9.54. The number of ether oxygens (including phenoxy) is 1. The topological polar surface area (TPSA) is 92.8 Å². The highest BCUT2D eigenvalue weighted by Gasteiger charge is 2.64. The zero-order valence-electron chi connectivity index (χ0n) is 28.4. The van der Waals surface area contributed by atoms with Crippen LogP contribution in [0.4, 0.5) is 26.3 Å². The van der Waals surface area contributed by atoms with Crippen LogP contribution in [0.25, 0.3) is 22.3 Å². The first-order chi connectivity index (χ1) is 24.8. The van der Waals surface area contributed by atoms with Crippen molar-refractivity contribution in [3.8, 4) is 22.3 Å². The van der Waals surface area contributed by atoms with Crippen molar-refractivity contribution in [3.63, 3.8) is 0 Å². The van der Waals surface area contributed by atoms with Crippen molar-refractivity contribution in [2.24, 2.45) is 5.73 Å². The fourth-order valence-corrected chi connectivity index (χ4v) is 7.44. The van der Waals surface area contributed by atoms with E-state index in [0.29, 0.717) is 22.3 Å². The van der Waals surface area contributed by atoms with Gasteiger partial charge in [-0.25, -0.2) is 4.79 Å². The molecule has 0 saturated heterocycles. The Kier molecular flexibility index (Phi) is 12.4. The lowest BCUT2D eigenvalue weighted by Crippen LogP contribution is -2.45. The van der Waals surface area contributed by atoms with Crippen molar-refractivity contribution in [2.75, 3.05) is 6.61 Å². The number of benzene rings is 5. The normalized spacial score (nSPS) is 18.3. The van der Waals surface area contributed by atoms with Crippen molar-refractivity contribution in [3.05, 3.63) is 152 Å². The number of aryl methyl sites for hydroxylation is 2. The molecule has 3 atom stereocenters. The molecule has 0 fully saturated rings. The van der Waals surface area contributed by atoms with Crippen LogP contribution in [0.1, 0.15) is 59.3 Å². The molecule has 5 nitrogen and oxygen atoms in total. The summed E-state index contributed by atoms with van der Waals surface area (Å²) >= 11 is 12.3. The predicted molar refractivity (Wildman–Crippen MR) is 199 cm³/mol. The number of halogens is 8. The standard InChI is InChI=1S/C17H12ClF3O3.C15H10ClF3O.C8H11N.CH4/c1-9-6-12-15(13(18)7-9)10-4-2-3-5-11(10)16(12,17(19,20)21)24-8-14(22)23;1-8-6-11-13(12(16)7-8)9-4-2-3-5-10(9)14(11,20)15(17,18)19;1-7(9)8-5-3-2-4-6-8;/h2-7H,8H2,1H3,(H,22,23);2-7,20H,1H3;2-7H,9H2,1H3;1H4/t16-;14-;7-;/m111./s1. The van der Waals surface area contributed by atoms with Crippen LogP contribution in [-0.2, 0) is 20.7 Å². The fourth-order valence-electron chi connectivity index (χ4n) is 6.68. The molecule has 0 saturated carbocycles. The Morgan fingerprint density at radius 3 is 1.63 bits per heavy atom. The van der Waals surface area contributed by atoms with Crippen LogP contribution in [-0.4, -0.2) is 35.1 Å². The molecule has 2 aliphatic rings. The van der Waals surface area contributed by atoms with Crippen LogP contribution in [0.2, 0.25) is 10.0 Å². The minimum atomic E-state index is -4.86. The average Bonchev–Trinajstić information content (AvgIpc) is 3.52. The smallest absolute Gasteiger partial charge is 0.426 e. The molecule has 0 aromatic heterocycles. The number of hydrogen-bond donors (Lipinski definition) is 3. The molecule has 0 heterocycles. The number of hydrogen-bond acceptors (Lipinski definition) is 4. The summed E-state index contributed by atoms with van der Waals surface area (Å²) in [5, 5.41) is 19.6. The predicted octanol–water partition coefficient (Wildman–Crippen LogP) is 11.3. The van der Waals surface area contributed by atoms with Crippen LogP contribution in [0.3, 0.4) is 0 Å². The van der Waals surface area contributed by atoms with Gasteiger partial charge in [0.1, 0.15) is 6.61 Å². The molecule has 0 unspecified atom stereocenters. The number of alkyl halides is 6. The number of carbonyl (C=O) groups is 1. The number of carboxylic acid groups (broad SMARTS) is 1. The van der Waals surface area contributed by atoms with Crippen molar-refractivity contribution in [1.29, 1.82) is 0 Å². The molecule has 13 heteroatoms. The van der Waals surface area contributed by atoms with Crippen LogP contribution in [0.5, 0.6) is 0 Å². The molecule has 5 aromatic carbocycles. The third kappa shape index (κ3) is 7.48. The SMILES string of the molecule is C.C[C@@H](N)c1ccccc1.Cc1cc(Cl)c2c(c1)[C@@](O)(C(F)(F)F)c1ccccc1-2.Cc1cc(Cl)c2c(c1)[C@@](OCC(=O)O)(C(F)(F)F)c1ccccc1-2. The molecular formula is C41H37Cl2F6NO4. The van der Waals surface area contributed by atoms with Gasteiger partial charge in [-0.3, -0.25) is 0 Å². The van der Waals surface area contributed by atoms with E-state index in [0.717, 1.165) is 0 Å². The van der Waals surface area contributed by atoms with Gasteiger partial charge < -0.3 is 20.7 Å². The van der Waals surface area contributed by atoms with Crippen molar-refractivity contribution in [2.45, 2.75) is 57.8 Å². The van der Waals surface area contributed by atoms with Crippen LogP contribution < -0.4 is 5.73 Å². The minimum Gasteiger partial charge on any atom is -0.480 e. The molecule has 286 valence electrons. The van der Waals surface area contributed by atoms with Crippen molar-refractivity contribution in [1.82, 2.24) is 0 Å². The molecular weight excluding hydrogens is 755 g/mol. The molecule has 0 amide bonds. The lowest BCUT2D eigenvalue weighted by atomic mass is 9.89. The van der Waals surface area contributed by atoms with Crippen LogP contribution in [0.15, 0.2) is 103 Å². The largest absolute Gasteiger partial charge is 0.480 e. The fraction of sp³-hybridized carbons (Fsp3) is 0.244. The monoisotopic (exact) mass is 791 g/mol. The molecule has 54 heavy (non-hydrogen) atoms. The summed E-state index contributed by atoms with van der Waals surface area (Å²) in [7, 11) is 0. The Labute approximate surface area is 318 Å². The lowest BCUT2D eigenvalue weighted by molar-refractivity contribution is -0.264. The van der Waals surface area contributed by atoms with Gasteiger partial charge in [0.05, 0.1) is 0 Å². The Morgan fingerprint density at radius 1 is 0.722 bits per heavy atom. The van der Waals surface area contributed by atoms with Crippen molar-refractivity contribution < 1.29 is 46.1 Å². The maximum atomic E-state index is 14.1. The lowest BCUT2D eigenvalue weighted by Gasteiger charge is -2.33. The van der Waals surface area contributed by atoms with Gasteiger partial charge in [0.2, 0.25) is 11.2 Å². The summed E-state index contributed by atoms with van der Waals surface area (Å²) in [4.78, 5) is 10.9. The summed E-state index contributed by atoms with van der Waals surface area (Å²) in [5.41, 5.74) is 2.45. The second kappa shape index (κ2) is 15.8. The molecule has 0 radical (unpaired) electrons. The van der Waals surface area contributed by atoms with Gasteiger partial charge in [-0.15, -0.1) is 0 Å². The number of nitrogens with two attached hydrogens (primary N) is 1. The van der Waals surface area contributed by atoms with E-state index in [-0.39, 0.29) is 56.9 Å². The van der Waals surface area contributed by atoms with E-state index in [1.165, 1.54) is 48.0 Å². The quantitative estimate of drug-likeness (QED) is 0.158. The number of fused-ring (bicyclic) bond motifs is 6. The number of rotatable bonds is 4. The Hall–Kier alpha value is -4.39. The highest BCUT2D eigenvalue weighted by Crippen LogP contribution is 2.59. The first-order valence-corrected chi connectivity index (χ1v) is 16.8. The molecule has 0 spiro atoms. The summed E-state index contributed by atoms with van der Waals surface area (Å²) in [6.45, 7) is 4.16. The van der Waals surface area contributed by atoms with Crippen LogP contribution in [0, 0.1) is 13.8 Å². The van der Waals surface area contributed by atoms with Gasteiger partial charge >= 0.3 is 18.3 Å². The highest BCUT2D eigenvalue weighted by atomic mass is 35.5. The summed E-state index contributed by atoms with van der Waals surface area (Å²) in [6.07, 6.45) is -9.67. The zero-order valence-corrected chi connectivity index (χ0v) is 29.9. The first kappa shape index (κ1) is 42.4. The minimum absolute atomic E-state index is 0. The summed E-state index contributed by atoms with van der Waals surface area (Å²) in [6, 6.07) is 27.9. The number of aliphatic hydroxyl groups is 1. The van der Waals surface area contributed by atoms with E-state index in [1.54, 1.807) is 44.2 Å². The first-order valence-electron chi connectivity index (χ1n) is 16.1. The molecule has 4 N–H and O–H groups in total. The second-order valence-electron chi connectivity index (χ2n) is 12.7. The van der Waals surface area contributed by atoms with Gasteiger partial charge in [0.25, 0.3) is 0 Å². The van der Waals surface area contributed by atoms with E-state index in [9.17, 15) is 36.2 Å². The highest BCUT2D eigenvalue weighted by molar-refractivity contribution is 6.34. The van der Waals surface area contributed by atoms with Crippen molar-refractivity contribution >= 4 is 29.2 Å². The average molecular weight is 793 g/mol. The maximum Gasteiger partial charge on any atom is 0.426 e. The van der Waals surface area contributed by atoms with Gasteiger partial charge in [-0.2, -0.15) is 26.3 Å². The molecule has 0 bridgehead atoms. The number of carboxylic acids is 1. The van der Waals surface area contributed by atoms with Gasteiger partial charge in [-0.05, 0) is 60.7 Å². The number of aliphatic carboxylic acids is 1. The third-order valence-electron chi connectivity index (χ3n) is 8.95.